The van der Waals surface area contributed by atoms with Gasteiger partial charge in [0.15, 0.2) is 0 Å². The van der Waals surface area contributed by atoms with E-state index in [1.165, 1.54) is 0 Å². The highest BCUT2D eigenvalue weighted by atomic mass is 16.5. The Morgan fingerprint density at radius 2 is 2.33 bits per heavy atom. The van der Waals surface area contributed by atoms with E-state index in [-0.39, 0.29) is 6.54 Å². The lowest BCUT2D eigenvalue weighted by Crippen LogP contribution is -2.59. The Morgan fingerprint density at radius 3 is 2.80 bits per heavy atom. The first-order valence-electron chi connectivity index (χ1n) is 4.98. The van der Waals surface area contributed by atoms with Gasteiger partial charge < -0.3 is 9.84 Å². The zero-order valence-corrected chi connectivity index (χ0v) is 9.17. The van der Waals surface area contributed by atoms with Gasteiger partial charge in [0.2, 0.25) is 0 Å². The second-order valence-electron chi connectivity index (χ2n) is 4.48. The SMILES string of the molecule is C#CCNC1(C(=O)O)CCOC(C)(C)C1. The molecule has 4 nitrogen and oxygen atoms in total. The molecule has 1 heterocycles. The summed E-state index contributed by atoms with van der Waals surface area (Å²) < 4.78 is 5.50. The third-order valence-corrected chi connectivity index (χ3v) is 2.69. The van der Waals surface area contributed by atoms with Crippen LogP contribution in [0.4, 0.5) is 0 Å². The third kappa shape index (κ3) is 2.71. The van der Waals surface area contributed by atoms with E-state index < -0.39 is 17.1 Å². The molecule has 1 unspecified atom stereocenters. The van der Waals surface area contributed by atoms with Crippen LogP contribution >= 0.6 is 0 Å². The molecule has 1 aliphatic rings. The second kappa shape index (κ2) is 4.21. The number of nitrogens with one attached hydrogen (secondary N) is 1. The van der Waals surface area contributed by atoms with Gasteiger partial charge in [-0.15, -0.1) is 6.42 Å². The molecular formula is C11H17NO3. The van der Waals surface area contributed by atoms with Crippen molar-refractivity contribution in [3.63, 3.8) is 0 Å². The van der Waals surface area contributed by atoms with E-state index in [1.54, 1.807) is 0 Å². The van der Waals surface area contributed by atoms with Gasteiger partial charge in [0.1, 0.15) is 5.54 Å². The highest BCUT2D eigenvalue weighted by Gasteiger charge is 2.46. The van der Waals surface area contributed by atoms with Gasteiger partial charge in [0.05, 0.1) is 12.1 Å². The van der Waals surface area contributed by atoms with Crippen LogP contribution in [0.1, 0.15) is 26.7 Å². The Morgan fingerprint density at radius 1 is 1.67 bits per heavy atom. The van der Waals surface area contributed by atoms with Crippen LogP contribution in [0.3, 0.4) is 0 Å². The fourth-order valence-corrected chi connectivity index (χ4v) is 2.00. The molecular weight excluding hydrogens is 194 g/mol. The van der Waals surface area contributed by atoms with Crippen LogP contribution in [0.5, 0.6) is 0 Å². The largest absolute Gasteiger partial charge is 0.480 e. The molecule has 1 aliphatic heterocycles. The molecule has 0 aliphatic carbocycles. The number of terminal acetylenes is 1. The van der Waals surface area contributed by atoms with Crippen LogP contribution in [0, 0.1) is 12.3 Å². The second-order valence-corrected chi connectivity index (χ2v) is 4.48. The first kappa shape index (κ1) is 12.0. The third-order valence-electron chi connectivity index (χ3n) is 2.69. The molecule has 0 radical (unpaired) electrons. The summed E-state index contributed by atoms with van der Waals surface area (Å²) in [5, 5.41) is 12.2. The topological polar surface area (TPSA) is 58.6 Å². The Hall–Kier alpha value is -1.05. The summed E-state index contributed by atoms with van der Waals surface area (Å²) in [4.78, 5) is 11.3. The lowest BCUT2D eigenvalue weighted by Gasteiger charge is -2.42. The van der Waals surface area contributed by atoms with Gasteiger partial charge in [-0.25, -0.2) is 0 Å². The molecule has 0 aromatic rings. The van der Waals surface area contributed by atoms with Gasteiger partial charge in [-0.1, -0.05) is 5.92 Å². The molecule has 1 fully saturated rings. The molecule has 2 N–H and O–H groups in total. The molecule has 84 valence electrons. The fourth-order valence-electron chi connectivity index (χ4n) is 2.00. The summed E-state index contributed by atoms with van der Waals surface area (Å²) in [6.45, 7) is 4.49. The van der Waals surface area contributed by atoms with E-state index in [0.29, 0.717) is 19.4 Å². The minimum Gasteiger partial charge on any atom is -0.480 e. The molecule has 1 rings (SSSR count). The van der Waals surface area contributed by atoms with Crippen LogP contribution in [-0.2, 0) is 9.53 Å². The quantitative estimate of drug-likeness (QED) is 0.672. The van der Waals surface area contributed by atoms with Crippen molar-refractivity contribution in [2.24, 2.45) is 0 Å². The number of hydrogen-bond acceptors (Lipinski definition) is 3. The number of carboxylic acid groups (broad SMARTS) is 1. The van der Waals surface area contributed by atoms with Crippen molar-refractivity contribution in [1.29, 1.82) is 0 Å². The van der Waals surface area contributed by atoms with Gasteiger partial charge >= 0.3 is 5.97 Å². The highest BCUT2D eigenvalue weighted by molar-refractivity contribution is 5.79. The molecule has 0 aromatic carbocycles. The van der Waals surface area contributed by atoms with Crippen LogP contribution in [0.25, 0.3) is 0 Å². The average Bonchev–Trinajstić information content (AvgIpc) is 2.13. The van der Waals surface area contributed by atoms with E-state index in [2.05, 4.69) is 11.2 Å². The molecule has 0 saturated carbocycles. The van der Waals surface area contributed by atoms with Gasteiger partial charge in [0, 0.05) is 13.0 Å². The number of hydrogen-bond donors (Lipinski definition) is 2. The number of ether oxygens (including phenoxy) is 1. The van der Waals surface area contributed by atoms with E-state index in [9.17, 15) is 9.90 Å². The average molecular weight is 211 g/mol. The van der Waals surface area contributed by atoms with E-state index in [1.807, 2.05) is 13.8 Å². The van der Waals surface area contributed by atoms with Crippen molar-refractivity contribution >= 4 is 5.97 Å². The predicted molar refractivity (Wildman–Crippen MR) is 56.5 cm³/mol. The van der Waals surface area contributed by atoms with Crippen molar-refractivity contribution in [1.82, 2.24) is 5.32 Å². The van der Waals surface area contributed by atoms with Crippen molar-refractivity contribution in [3.8, 4) is 12.3 Å². The summed E-state index contributed by atoms with van der Waals surface area (Å²) >= 11 is 0. The van der Waals surface area contributed by atoms with Gasteiger partial charge in [-0.05, 0) is 20.3 Å². The van der Waals surface area contributed by atoms with Crippen LogP contribution in [-0.4, -0.2) is 35.4 Å². The number of carbonyl (C=O) groups is 1. The minimum atomic E-state index is -0.936. The van der Waals surface area contributed by atoms with Crippen molar-refractivity contribution in [2.75, 3.05) is 13.2 Å². The Bertz CT molecular complexity index is 293. The number of aliphatic carboxylic acids is 1. The summed E-state index contributed by atoms with van der Waals surface area (Å²) in [6.07, 6.45) is 6.02. The van der Waals surface area contributed by atoms with Crippen LogP contribution < -0.4 is 5.32 Å². The van der Waals surface area contributed by atoms with Crippen molar-refractivity contribution < 1.29 is 14.6 Å². The first-order chi connectivity index (χ1) is 6.92. The summed E-state index contributed by atoms with van der Waals surface area (Å²) in [5.41, 5.74) is -1.35. The Balaban J connectivity index is 2.82. The van der Waals surface area contributed by atoms with Crippen molar-refractivity contribution in [2.45, 2.75) is 37.8 Å². The Labute approximate surface area is 90.0 Å². The predicted octanol–water partition coefficient (Wildman–Crippen LogP) is 0.622. The Kier molecular flexibility index (Phi) is 3.38. The molecule has 1 atom stereocenters. The standard InChI is InChI=1S/C11H17NO3/c1-4-6-12-11(9(13)14)5-7-15-10(2,3)8-11/h1,12H,5-8H2,2-3H3,(H,13,14). The summed E-state index contributed by atoms with van der Waals surface area (Å²) in [6, 6.07) is 0. The molecule has 1 saturated heterocycles. The van der Waals surface area contributed by atoms with Gasteiger partial charge in [0.25, 0.3) is 0 Å². The highest BCUT2D eigenvalue weighted by Crippen LogP contribution is 2.32. The summed E-state index contributed by atoms with van der Waals surface area (Å²) in [7, 11) is 0. The van der Waals surface area contributed by atoms with Gasteiger partial charge in [-0.3, -0.25) is 10.1 Å². The lowest BCUT2D eigenvalue weighted by atomic mass is 9.81. The molecule has 0 amide bonds. The van der Waals surface area contributed by atoms with Crippen LogP contribution in [0.15, 0.2) is 0 Å². The van der Waals surface area contributed by atoms with E-state index in [0.717, 1.165) is 0 Å². The fraction of sp³-hybridized carbons (Fsp3) is 0.727. The molecule has 0 bridgehead atoms. The monoisotopic (exact) mass is 211 g/mol. The minimum absolute atomic E-state index is 0.266. The molecule has 0 spiro atoms. The van der Waals surface area contributed by atoms with E-state index in [4.69, 9.17) is 11.2 Å². The molecule has 0 aromatic heterocycles. The maximum Gasteiger partial charge on any atom is 0.324 e. The maximum absolute atomic E-state index is 11.3. The normalized spacial score (nSPS) is 29.4. The van der Waals surface area contributed by atoms with Crippen LogP contribution in [0.2, 0.25) is 0 Å². The first-order valence-corrected chi connectivity index (χ1v) is 4.98. The van der Waals surface area contributed by atoms with E-state index >= 15 is 0 Å². The zero-order chi connectivity index (χ0) is 11.5. The molecule has 15 heavy (non-hydrogen) atoms. The smallest absolute Gasteiger partial charge is 0.324 e. The maximum atomic E-state index is 11.3. The number of carboxylic acids is 1. The number of rotatable bonds is 3. The van der Waals surface area contributed by atoms with Gasteiger partial charge in [-0.2, -0.15) is 0 Å². The molecule has 4 heteroatoms. The summed E-state index contributed by atoms with van der Waals surface area (Å²) in [5.74, 6) is 1.55. The van der Waals surface area contributed by atoms with Crippen molar-refractivity contribution in [3.05, 3.63) is 0 Å². The zero-order valence-electron chi connectivity index (χ0n) is 9.17. The lowest BCUT2D eigenvalue weighted by molar-refractivity contribution is -0.157.